The molecule has 0 unspecified atom stereocenters. The SMILES string of the molecule is CC(C)[C@H](NC(=O)Nc1cc(Cl)c(F)c(Cl)c1)C(=O)O. The summed E-state index contributed by atoms with van der Waals surface area (Å²) >= 11 is 11.2. The molecule has 0 saturated carbocycles. The van der Waals surface area contributed by atoms with Gasteiger partial charge in [0.25, 0.3) is 0 Å². The van der Waals surface area contributed by atoms with Crippen LogP contribution < -0.4 is 10.6 Å². The summed E-state index contributed by atoms with van der Waals surface area (Å²) in [5.41, 5.74) is 0.159. The van der Waals surface area contributed by atoms with Crippen molar-refractivity contribution in [3.8, 4) is 0 Å². The number of carboxylic acids is 1. The Balaban J connectivity index is 2.78. The fourth-order valence-corrected chi connectivity index (χ4v) is 1.94. The molecule has 1 rings (SSSR count). The van der Waals surface area contributed by atoms with Crippen LogP contribution in [-0.4, -0.2) is 23.1 Å². The van der Waals surface area contributed by atoms with Crippen LogP contribution in [0.5, 0.6) is 0 Å². The van der Waals surface area contributed by atoms with Gasteiger partial charge in [0.15, 0.2) is 5.82 Å². The molecule has 0 saturated heterocycles. The number of rotatable bonds is 4. The van der Waals surface area contributed by atoms with Crippen molar-refractivity contribution in [2.24, 2.45) is 5.92 Å². The van der Waals surface area contributed by atoms with E-state index in [-0.39, 0.29) is 21.7 Å². The molecule has 8 heteroatoms. The second-order valence-corrected chi connectivity index (χ2v) is 5.23. The van der Waals surface area contributed by atoms with E-state index in [9.17, 15) is 14.0 Å². The average Bonchev–Trinajstić information content (AvgIpc) is 2.32. The molecule has 110 valence electrons. The van der Waals surface area contributed by atoms with E-state index in [0.29, 0.717) is 0 Å². The molecule has 0 aromatic heterocycles. The van der Waals surface area contributed by atoms with Gasteiger partial charge in [-0.15, -0.1) is 0 Å². The molecular weight excluding hydrogens is 310 g/mol. The maximum absolute atomic E-state index is 13.2. The van der Waals surface area contributed by atoms with E-state index in [1.807, 2.05) is 0 Å². The second kappa shape index (κ2) is 6.76. The molecule has 0 heterocycles. The number of anilines is 1. The van der Waals surface area contributed by atoms with Crippen molar-refractivity contribution in [2.45, 2.75) is 19.9 Å². The van der Waals surface area contributed by atoms with E-state index in [1.165, 1.54) is 12.1 Å². The van der Waals surface area contributed by atoms with E-state index < -0.39 is 23.9 Å². The molecule has 20 heavy (non-hydrogen) atoms. The predicted octanol–water partition coefficient (Wildman–Crippen LogP) is 3.36. The van der Waals surface area contributed by atoms with Gasteiger partial charge in [0.1, 0.15) is 6.04 Å². The lowest BCUT2D eigenvalue weighted by Gasteiger charge is -2.18. The van der Waals surface area contributed by atoms with Crippen LogP contribution >= 0.6 is 23.2 Å². The Morgan fingerprint density at radius 1 is 1.25 bits per heavy atom. The lowest BCUT2D eigenvalue weighted by atomic mass is 10.1. The molecule has 1 aromatic rings. The quantitative estimate of drug-likeness (QED) is 0.744. The lowest BCUT2D eigenvalue weighted by Crippen LogP contribution is -2.46. The fraction of sp³-hybridized carbons (Fsp3) is 0.333. The predicted molar refractivity (Wildman–Crippen MR) is 74.8 cm³/mol. The van der Waals surface area contributed by atoms with Gasteiger partial charge in [-0.3, -0.25) is 0 Å². The van der Waals surface area contributed by atoms with Crippen LogP contribution in [0.2, 0.25) is 10.0 Å². The Bertz CT molecular complexity index is 514. The number of urea groups is 1. The third-order valence-corrected chi connectivity index (χ3v) is 3.01. The van der Waals surface area contributed by atoms with Crippen molar-refractivity contribution in [2.75, 3.05) is 5.32 Å². The first-order valence-corrected chi connectivity index (χ1v) is 6.42. The minimum absolute atomic E-state index is 0.159. The molecular formula is C12H13Cl2FN2O3. The number of aliphatic carboxylic acids is 1. The maximum Gasteiger partial charge on any atom is 0.326 e. The maximum atomic E-state index is 13.2. The second-order valence-electron chi connectivity index (χ2n) is 4.41. The van der Waals surface area contributed by atoms with Crippen LogP contribution in [0.4, 0.5) is 14.9 Å². The van der Waals surface area contributed by atoms with Crippen molar-refractivity contribution in [1.82, 2.24) is 5.32 Å². The highest BCUT2D eigenvalue weighted by molar-refractivity contribution is 6.35. The van der Waals surface area contributed by atoms with Crippen molar-refractivity contribution < 1.29 is 19.1 Å². The molecule has 0 aliphatic heterocycles. The summed E-state index contributed by atoms with van der Waals surface area (Å²) < 4.78 is 13.2. The molecule has 0 radical (unpaired) electrons. The van der Waals surface area contributed by atoms with Gasteiger partial charge in [-0.05, 0) is 18.1 Å². The molecule has 1 aromatic carbocycles. The summed E-state index contributed by atoms with van der Waals surface area (Å²) in [7, 11) is 0. The normalized spacial score (nSPS) is 12.1. The first kappa shape index (κ1) is 16.5. The van der Waals surface area contributed by atoms with E-state index >= 15 is 0 Å². The smallest absolute Gasteiger partial charge is 0.326 e. The number of hydrogen-bond acceptors (Lipinski definition) is 2. The fourth-order valence-electron chi connectivity index (χ4n) is 1.45. The zero-order chi connectivity index (χ0) is 15.4. The number of carbonyl (C=O) groups excluding carboxylic acids is 1. The highest BCUT2D eigenvalue weighted by Crippen LogP contribution is 2.27. The van der Waals surface area contributed by atoms with Crippen molar-refractivity contribution in [3.63, 3.8) is 0 Å². The van der Waals surface area contributed by atoms with Gasteiger partial charge in [0.05, 0.1) is 10.0 Å². The average molecular weight is 323 g/mol. The minimum Gasteiger partial charge on any atom is -0.480 e. The Morgan fingerprint density at radius 2 is 1.75 bits per heavy atom. The number of nitrogens with one attached hydrogen (secondary N) is 2. The van der Waals surface area contributed by atoms with Crippen molar-refractivity contribution >= 4 is 40.9 Å². The summed E-state index contributed by atoms with van der Waals surface area (Å²) in [6.45, 7) is 3.31. The number of benzene rings is 1. The number of hydrogen-bond donors (Lipinski definition) is 3. The number of carbonyl (C=O) groups is 2. The van der Waals surface area contributed by atoms with Crippen LogP contribution in [0.3, 0.4) is 0 Å². The Morgan fingerprint density at radius 3 is 2.15 bits per heavy atom. The van der Waals surface area contributed by atoms with Crippen LogP contribution in [0.15, 0.2) is 12.1 Å². The highest BCUT2D eigenvalue weighted by Gasteiger charge is 2.23. The summed E-state index contributed by atoms with van der Waals surface area (Å²) in [5, 5.41) is 13.1. The van der Waals surface area contributed by atoms with Crippen LogP contribution in [0.1, 0.15) is 13.8 Å². The van der Waals surface area contributed by atoms with Gasteiger partial charge in [0, 0.05) is 5.69 Å². The summed E-state index contributed by atoms with van der Waals surface area (Å²) in [4.78, 5) is 22.6. The summed E-state index contributed by atoms with van der Waals surface area (Å²) in [6.07, 6.45) is 0. The van der Waals surface area contributed by atoms with E-state index in [0.717, 1.165) is 0 Å². The summed E-state index contributed by atoms with van der Waals surface area (Å²) in [6, 6.07) is 0.562. The first-order chi connectivity index (χ1) is 9.22. The van der Waals surface area contributed by atoms with Gasteiger partial charge in [-0.1, -0.05) is 37.0 Å². The van der Waals surface area contributed by atoms with Crippen LogP contribution in [0.25, 0.3) is 0 Å². The van der Waals surface area contributed by atoms with Crippen LogP contribution in [0, 0.1) is 11.7 Å². The van der Waals surface area contributed by atoms with Gasteiger partial charge >= 0.3 is 12.0 Å². The van der Waals surface area contributed by atoms with Gasteiger partial charge in [-0.2, -0.15) is 0 Å². The van der Waals surface area contributed by atoms with Gasteiger partial charge in [0.2, 0.25) is 0 Å². The molecule has 1 atom stereocenters. The largest absolute Gasteiger partial charge is 0.480 e. The molecule has 0 aliphatic rings. The molecule has 5 nitrogen and oxygen atoms in total. The molecule has 3 N–H and O–H groups in total. The van der Waals surface area contributed by atoms with Crippen LogP contribution in [-0.2, 0) is 4.79 Å². The van der Waals surface area contributed by atoms with Gasteiger partial charge in [-0.25, -0.2) is 14.0 Å². The molecule has 2 amide bonds. The first-order valence-electron chi connectivity index (χ1n) is 5.67. The van der Waals surface area contributed by atoms with E-state index in [1.54, 1.807) is 13.8 Å². The molecule has 0 spiro atoms. The number of amides is 2. The van der Waals surface area contributed by atoms with Crippen molar-refractivity contribution in [3.05, 3.63) is 28.0 Å². The number of halogens is 3. The topological polar surface area (TPSA) is 78.4 Å². The zero-order valence-corrected chi connectivity index (χ0v) is 12.2. The third kappa shape index (κ3) is 4.25. The minimum atomic E-state index is -1.15. The lowest BCUT2D eigenvalue weighted by molar-refractivity contribution is -0.140. The van der Waals surface area contributed by atoms with E-state index in [4.69, 9.17) is 28.3 Å². The standard InChI is InChI=1S/C12H13Cl2FN2O3/c1-5(2)10(11(18)19)17-12(20)16-6-3-7(13)9(15)8(14)4-6/h3-5,10H,1-2H3,(H,18,19)(H2,16,17,20)/t10-/m0/s1. The molecule has 0 fully saturated rings. The molecule has 0 bridgehead atoms. The monoisotopic (exact) mass is 322 g/mol. The third-order valence-electron chi connectivity index (χ3n) is 2.46. The Labute approximate surface area is 125 Å². The molecule has 0 aliphatic carbocycles. The highest BCUT2D eigenvalue weighted by atomic mass is 35.5. The Kier molecular flexibility index (Phi) is 5.59. The van der Waals surface area contributed by atoms with Gasteiger partial charge < -0.3 is 15.7 Å². The van der Waals surface area contributed by atoms with Crippen molar-refractivity contribution in [1.29, 1.82) is 0 Å². The number of carboxylic acid groups (broad SMARTS) is 1. The zero-order valence-electron chi connectivity index (χ0n) is 10.7. The summed E-state index contributed by atoms with van der Waals surface area (Å²) in [5.74, 6) is -2.23. The Hall–Kier alpha value is -1.53. The van der Waals surface area contributed by atoms with E-state index in [2.05, 4.69) is 10.6 Å².